The van der Waals surface area contributed by atoms with E-state index >= 15 is 0 Å². The largest absolute Gasteiger partial charge is 0.339 e. The summed E-state index contributed by atoms with van der Waals surface area (Å²) >= 11 is 0. The van der Waals surface area contributed by atoms with Gasteiger partial charge in [-0.3, -0.25) is 10.0 Å². The maximum atomic E-state index is 13.7. The summed E-state index contributed by atoms with van der Waals surface area (Å²) in [4.78, 5) is 18.0. The van der Waals surface area contributed by atoms with E-state index in [9.17, 15) is 13.6 Å². The average Bonchev–Trinajstić information content (AvgIpc) is 3.00. The van der Waals surface area contributed by atoms with E-state index in [2.05, 4.69) is 9.97 Å². The van der Waals surface area contributed by atoms with Crippen molar-refractivity contribution in [2.45, 2.75) is 6.42 Å². The molecule has 0 unspecified atom stereocenters. The van der Waals surface area contributed by atoms with E-state index in [0.29, 0.717) is 17.8 Å². The van der Waals surface area contributed by atoms with E-state index in [4.69, 9.17) is 5.21 Å². The lowest BCUT2D eigenvalue weighted by Gasteiger charge is -1.99. The van der Waals surface area contributed by atoms with Crippen molar-refractivity contribution in [2.75, 3.05) is 0 Å². The number of halogens is 2. The first-order valence-corrected chi connectivity index (χ1v) is 7.10. The van der Waals surface area contributed by atoms with Gasteiger partial charge in [0, 0.05) is 12.5 Å². The Labute approximate surface area is 135 Å². The van der Waals surface area contributed by atoms with Crippen LogP contribution in [0.1, 0.15) is 17.0 Å². The van der Waals surface area contributed by atoms with Crippen LogP contribution in [0.5, 0.6) is 0 Å². The van der Waals surface area contributed by atoms with Gasteiger partial charge >= 0.3 is 0 Å². The molecule has 0 aliphatic carbocycles. The molecule has 0 saturated heterocycles. The number of nitrogens with zero attached hydrogens (tertiary/aromatic N) is 1. The number of aromatic amines is 1. The number of hydroxylamine groups is 1. The van der Waals surface area contributed by atoms with Crippen molar-refractivity contribution in [2.24, 2.45) is 0 Å². The van der Waals surface area contributed by atoms with E-state index < -0.39 is 17.5 Å². The van der Waals surface area contributed by atoms with Crippen LogP contribution in [0.15, 0.2) is 42.5 Å². The fourth-order valence-corrected chi connectivity index (χ4v) is 2.30. The molecule has 24 heavy (non-hydrogen) atoms. The molecular weight excluding hydrogens is 316 g/mol. The van der Waals surface area contributed by atoms with Crippen LogP contribution in [0.25, 0.3) is 17.1 Å². The van der Waals surface area contributed by atoms with Gasteiger partial charge in [0.1, 0.15) is 11.3 Å². The van der Waals surface area contributed by atoms with E-state index in [1.54, 1.807) is 18.2 Å². The van der Waals surface area contributed by atoms with E-state index in [0.717, 1.165) is 17.2 Å². The van der Waals surface area contributed by atoms with Gasteiger partial charge in [0.15, 0.2) is 11.6 Å². The minimum absolute atomic E-state index is 0.0552. The highest BCUT2D eigenvalue weighted by molar-refractivity contribution is 5.90. The molecule has 3 N–H and O–H groups in total. The van der Waals surface area contributed by atoms with Gasteiger partial charge in [-0.2, -0.15) is 0 Å². The maximum Gasteiger partial charge on any atom is 0.267 e. The molecule has 0 saturated carbocycles. The summed E-state index contributed by atoms with van der Waals surface area (Å²) in [6, 6.07) is 9.72. The monoisotopic (exact) mass is 329 g/mol. The second kappa shape index (κ2) is 6.59. The number of hydrogen-bond donors (Lipinski definition) is 3. The normalized spacial score (nSPS) is 11.3. The fourth-order valence-electron chi connectivity index (χ4n) is 2.30. The van der Waals surface area contributed by atoms with Gasteiger partial charge < -0.3 is 4.98 Å². The Morgan fingerprint density at radius 2 is 1.96 bits per heavy atom. The van der Waals surface area contributed by atoms with Crippen molar-refractivity contribution in [3.63, 3.8) is 0 Å². The maximum absolute atomic E-state index is 13.7. The molecule has 0 bridgehead atoms. The number of fused-ring (bicyclic) bond motifs is 1. The smallest absolute Gasteiger partial charge is 0.267 e. The van der Waals surface area contributed by atoms with Crippen LogP contribution in [0.4, 0.5) is 8.78 Å². The number of hydrogen-bond acceptors (Lipinski definition) is 3. The first-order valence-electron chi connectivity index (χ1n) is 7.10. The molecule has 0 atom stereocenters. The zero-order valence-electron chi connectivity index (χ0n) is 12.4. The highest BCUT2D eigenvalue weighted by atomic mass is 19.2. The van der Waals surface area contributed by atoms with Crippen molar-refractivity contribution >= 4 is 23.0 Å². The van der Waals surface area contributed by atoms with Crippen LogP contribution in [0.2, 0.25) is 0 Å². The summed E-state index contributed by atoms with van der Waals surface area (Å²) in [7, 11) is 0. The number of benzene rings is 2. The zero-order valence-corrected chi connectivity index (χ0v) is 12.4. The summed E-state index contributed by atoms with van der Waals surface area (Å²) in [5, 5.41) is 8.41. The summed E-state index contributed by atoms with van der Waals surface area (Å²) in [5.74, 6) is -1.94. The summed E-state index contributed by atoms with van der Waals surface area (Å²) in [6.45, 7) is 0. The van der Waals surface area contributed by atoms with Gasteiger partial charge in [-0.05, 0) is 29.3 Å². The van der Waals surface area contributed by atoms with Crippen LogP contribution < -0.4 is 5.48 Å². The van der Waals surface area contributed by atoms with E-state index in [-0.39, 0.29) is 5.52 Å². The highest BCUT2D eigenvalue weighted by Gasteiger charge is 2.11. The predicted octanol–water partition coefficient (Wildman–Crippen LogP) is 2.95. The molecule has 2 aromatic carbocycles. The van der Waals surface area contributed by atoms with Crippen LogP contribution in [0.3, 0.4) is 0 Å². The molecule has 0 radical (unpaired) electrons. The van der Waals surface area contributed by atoms with Crippen LogP contribution in [-0.2, 0) is 11.2 Å². The molecular formula is C17H13F2N3O2. The molecule has 0 aliphatic rings. The Morgan fingerprint density at radius 1 is 1.21 bits per heavy atom. The first-order chi connectivity index (χ1) is 11.6. The third-order valence-electron chi connectivity index (χ3n) is 3.49. The molecule has 3 aromatic rings. The summed E-state index contributed by atoms with van der Waals surface area (Å²) < 4.78 is 26.9. The summed E-state index contributed by atoms with van der Waals surface area (Å²) in [6.07, 6.45) is 3.18. The van der Waals surface area contributed by atoms with Crippen LogP contribution in [-0.4, -0.2) is 21.1 Å². The lowest BCUT2D eigenvalue weighted by atomic mass is 10.1. The summed E-state index contributed by atoms with van der Waals surface area (Å²) in [5.41, 5.74) is 3.63. The van der Waals surface area contributed by atoms with Gasteiger partial charge in [-0.15, -0.1) is 0 Å². The number of carbonyl (C=O) groups is 1. The quantitative estimate of drug-likeness (QED) is 0.391. The van der Waals surface area contributed by atoms with Crippen LogP contribution >= 0.6 is 0 Å². The van der Waals surface area contributed by atoms with Gasteiger partial charge in [-0.1, -0.05) is 24.3 Å². The second-order valence-electron chi connectivity index (χ2n) is 5.17. The fraction of sp³-hybridized carbons (Fsp3) is 0.0588. The number of imidazole rings is 1. The Balaban J connectivity index is 1.78. The predicted molar refractivity (Wildman–Crippen MR) is 84.2 cm³/mol. The third kappa shape index (κ3) is 3.31. The Morgan fingerprint density at radius 3 is 2.67 bits per heavy atom. The van der Waals surface area contributed by atoms with Gasteiger partial charge in [0.2, 0.25) is 0 Å². The van der Waals surface area contributed by atoms with Gasteiger partial charge in [-0.25, -0.2) is 19.2 Å². The Hall–Kier alpha value is -3.06. The van der Waals surface area contributed by atoms with Gasteiger partial charge in [0.05, 0.1) is 5.52 Å². The number of amides is 1. The topological polar surface area (TPSA) is 78.0 Å². The minimum atomic E-state index is -0.936. The minimum Gasteiger partial charge on any atom is -0.339 e. The zero-order chi connectivity index (χ0) is 17.1. The highest BCUT2D eigenvalue weighted by Crippen LogP contribution is 2.19. The number of aromatic nitrogens is 2. The number of H-pyrrole nitrogens is 1. The molecule has 3 rings (SSSR count). The standard InChI is InChI=1S/C17H13F2N3O2/c18-12-6-7-13-17(16(12)19)21-14(20-13)9-11-3-1-10(2-4-11)5-8-15(23)22-24/h1-8,24H,9H2,(H,20,21)(H,22,23)/b8-5+. The molecule has 1 aromatic heterocycles. The van der Waals surface area contributed by atoms with Crippen molar-refractivity contribution in [3.8, 4) is 0 Å². The molecule has 1 heterocycles. The van der Waals surface area contributed by atoms with Crippen molar-refractivity contribution in [3.05, 3.63) is 71.1 Å². The molecule has 0 fully saturated rings. The molecule has 0 aliphatic heterocycles. The second-order valence-corrected chi connectivity index (χ2v) is 5.17. The van der Waals surface area contributed by atoms with E-state index in [1.165, 1.54) is 17.6 Å². The van der Waals surface area contributed by atoms with Crippen LogP contribution in [0, 0.1) is 11.6 Å². The first kappa shape index (κ1) is 15.8. The number of rotatable bonds is 4. The van der Waals surface area contributed by atoms with E-state index in [1.807, 2.05) is 12.1 Å². The molecule has 0 spiro atoms. The van der Waals surface area contributed by atoms with Crippen molar-refractivity contribution in [1.82, 2.24) is 15.4 Å². The lowest BCUT2D eigenvalue weighted by molar-refractivity contribution is -0.124. The number of carbonyl (C=O) groups excluding carboxylic acids is 1. The molecule has 5 nitrogen and oxygen atoms in total. The van der Waals surface area contributed by atoms with Gasteiger partial charge in [0.25, 0.3) is 5.91 Å². The SMILES string of the molecule is O=C(/C=C/c1ccc(Cc2nc3ccc(F)c(F)c3[nH]2)cc1)NO. The number of nitrogens with one attached hydrogen (secondary N) is 2. The molecule has 7 heteroatoms. The molecule has 1 amide bonds. The third-order valence-corrected chi connectivity index (χ3v) is 3.49. The van der Waals surface area contributed by atoms with Crippen molar-refractivity contribution in [1.29, 1.82) is 0 Å². The molecule has 122 valence electrons. The Kier molecular flexibility index (Phi) is 4.35. The Bertz CT molecular complexity index is 917. The lowest BCUT2D eigenvalue weighted by Crippen LogP contribution is -2.14. The van der Waals surface area contributed by atoms with Crippen molar-refractivity contribution < 1.29 is 18.8 Å². The average molecular weight is 329 g/mol.